The molecule has 8 nitrogen and oxygen atoms in total. The molecule has 1 N–H and O–H groups in total. The summed E-state index contributed by atoms with van der Waals surface area (Å²) in [5.41, 5.74) is 4.06. The van der Waals surface area contributed by atoms with Crippen molar-refractivity contribution in [2.24, 2.45) is 0 Å². The van der Waals surface area contributed by atoms with E-state index in [9.17, 15) is 5.26 Å². The quantitative estimate of drug-likeness (QED) is 0.502. The molecule has 32 heavy (non-hydrogen) atoms. The smallest absolute Gasteiger partial charge is 0.268 e. The number of aromatic nitrogens is 5. The number of nitriles is 1. The van der Waals surface area contributed by atoms with E-state index in [1.807, 2.05) is 37.4 Å². The van der Waals surface area contributed by atoms with Gasteiger partial charge in [-0.25, -0.2) is 4.98 Å². The van der Waals surface area contributed by atoms with Crippen molar-refractivity contribution in [3.05, 3.63) is 52.9 Å². The Labute approximate surface area is 189 Å². The SMILES string of the molecule is Cc1ccsc1-c1nnc(-c2nc(-c3ccnc(C4(C#N)CCNCC4)c3)cnc2C)o1. The molecule has 0 spiro atoms. The van der Waals surface area contributed by atoms with Crippen molar-refractivity contribution < 1.29 is 4.42 Å². The molecule has 1 aliphatic rings. The molecule has 0 amide bonds. The fourth-order valence-corrected chi connectivity index (χ4v) is 4.77. The summed E-state index contributed by atoms with van der Waals surface area (Å²) in [5.74, 6) is 0.813. The number of hydrogen-bond acceptors (Lipinski definition) is 9. The summed E-state index contributed by atoms with van der Waals surface area (Å²) in [6, 6.07) is 8.36. The Hall–Kier alpha value is -3.48. The largest absolute Gasteiger partial charge is 0.414 e. The van der Waals surface area contributed by atoms with Gasteiger partial charge in [0.25, 0.3) is 11.8 Å². The van der Waals surface area contributed by atoms with E-state index < -0.39 is 5.41 Å². The van der Waals surface area contributed by atoms with Gasteiger partial charge >= 0.3 is 0 Å². The zero-order valence-electron chi connectivity index (χ0n) is 17.8. The van der Waals surface area contributed by atoms with E-state index in [0.717, 1.165) is 47.6 Å². The molecule has 9 heteroatoms. The second-order valence-corrected chi connectivity index (χ2v) is 8.82. The van der Waals surface area contributed by atoms with E-state index in [2.05, 4.69) is 31.6 Å². The Kier molecular flexibility index (Phi) is 5.25. The Morgan fingerprint density at radius 1 is 1.12 bits per heavy atom. The Bertz CT molecular complexity index is 1310. The van der Waals surface area contributed by atoms with Gasteiger partial charge in [-0.15, -0.1) is 21.5 Å². The molecule has 1 saturated heterocycles. The van der Waals surface area contributed by atoms with E-state index >= 15 is 0 Å². The van der Waals surface area contributed by atoms with Crippen LogP contribution in [0.3, 0.4) is 0 Å². The number of pyridine rings is 1. The molecule has 4 aromatic heterocycles. The van der Waals surface area contributed by atoms with E-state index in [1.54, 1.807) is 23.7 Å². The number of piperidine rings is 1. The van der Waals surface area contributed by atoms with Crippen molar-refractivity contribution >= 4 is 11.3 Å². The molecule has 5 rings (SSSR count). The third-order valence-corrected chi connectivity index (χ3v) is 6.86. The van der Waals surface area contributed by atoms with E-state index in [4.69, 9.17) is 9.40 Å². The molecule has 0 radical (unpaired) electrons. The molecule has 5 heterocycles. The van der Waals surface area contributed by atoms with Gasteiger partial charge in [0, 0.05) is 11.8 Å². The molecule has 0 atom stereocenters. The topological polar surface area (TPSA) is 113 Å². The normalized spacial score (nSPS) is 15.4. The maximum Gasteiger partial charge on any atom is 0.268 e. The Morgan fingerprint density at radius 3 is 2.69 bits per heavy atom. The Morgan fingerprint density at radius 2 is 1.94 bits per heavy atom. The number of rotatable bonds is 4. The van der Waals surface area contributed by atoms with Gasteiger partial charge in [-0.2, -0.15) is 5.26 Å². The summed E-state index contributed by atoms with van der Waals surface area (Å²) in [6.07, 6.45) is 4.92. The van der Waals surface area contributed by atoms with Crippen LogP contribution in [0.4, 0.5) is 0 Å². The fourth-order valence-electron chi connectivity index (χ4n) is 3.92. The minimum absolute atomic E-state index is 0.334. The maximum atomic E-state index is 9.91. The molecule has 0 unspecified atom stereocenters. The molecule has 1 aliphatic heterocycles. The van der Waals surface area contributed by atoms with Gasteiger partial charge in [0.15, 0.2) is 0 Å². The summed E-state index contributed by atoms with van der Waals surface area (Å²) in [5, 5.41) is 23.7. The first-order valence-electron chi connectivity index (χ1n) is 10.4. The van der Waals surface area contributed by atoms with Crippen LogP contribution in [0.15, 0.2) is 40.4 Å². The van der Waals surface area contributed by atoms with E-state index in [-0.39, 0.29) is 0 Å². The van der Waals surface area contributed by atoms with Crippen LogP contribution in [0.25, 0.3) is 33.6 Å². The maximum absolute atomic E-state index is 9.91. The highest BCUT2D eigenvalue weighted by molar-refractivity contribution is 7.13. The number of nitrogens with zero attached hydrogens (tertiary/aromatic N) is 6. The number of nitrogens with one attached hydrogen (secondary N) is 1. The molecule has 0 bridgehead atoms. The highest BCUT2D eigenvalue weighted by atomic mass is 32.1. The number of hydrogen-bond donors (Lipinski definition) is 1. The molecular weight excluding hydrogens is 422 g/mol. The van der Waals surface area contributed by atoms with Gasteiger partial charge in [-0.05, 0) is 68.9 Å². The minimum Gasteiger partial charge on any atom is -0.414 e. The van der Waals surface area contributed by atoms with Crippen molar-refractivity contribution in [1.82, 2.24) is 30.5 Å². The van der Waals surface area contributed by atoms with Crippen LogP contribution in [-0.2, 0) is 5.41 Å². The second-order valence-electron chi connectivity index (χ2n) is 7.91. The van der Waals surface area contributed by atoms with Crippen LogP contribution in [-0.4, -0.2) is 38.2 Å². The summed E-state index contributed by atoms with van der Waals surface area (Å²) in [4.78, 5) is 14.8. The van der Waals surface area contributed by atoms with Gasteiger partial charge in [-0.1, -0.05) is 0 Å². The van der Waals surface area contributed by atoms with Gasteiger partial charge < -0.3 is 9.73 Å². The molecule has 0 saturated carbocycles. The third-order valence-electron chi connectivity index (χ3n) is 5.86. The van der Waals surface area contributed by atoms with Crippen molar-refractivity contribution in [3.63, 3.8) is 0 Å². The van der Waals surface area contributed by atoms with Crippen molar-refractivity contribution in [3.8, 4) is 39.7 Å². The van der Waals surface area contributed by atoms with Gasteiger partial charge in [0.05, 0.1) is 34.2 Å². The van der Waals surface area contributed by atoms with Gasteiger partial charge in [0.1, 0.15) is 11.1 Å². The molecule has 4 aromatic rings. The second kappa shape index (κ2) is 8.22. The minimum atomic E-state index is -0.581. The van der Waals surface area contributed by atoms with Gasteiger partial charge in [0.2, 0.25) is 0 Å². The lowest BCUT2D eigenvalue weighted by atomic mass is 9.77. The fraction of sp³-hybridized carbons (Fsp3) is 0.304. The van der Waals surface area contributed by atoms with Crippen LogP contribution in [0.5, 0.6) is 0 Å². The van der Waals surface area contributed by atoms with E-state index in [1.165, 1.54) is 0 Å². The lowest BCUT2D eigenvalue weighted by Gasteiger charge is -2.30. The third kappa shape index (κ3) is 3.57. The van der Waals surface area contributed by atoms with Crippen LogP contribution in [0, 0.1) is 25.2 Å². The lowest BCUT2D eigenvalue weighted by Crippen LogP contribution is -2.39. The average molecular weight is 444 g/mol. The zero-order valence-corrected chi connectivity index (χ0v) is 18.6. The summed E-state index contributed by atoms with van der Waals surface area (Å²) < 4.78 is 5.94. The first-order valence-corrected chi connectivity index (χ1v) is 11.3. The highest BCUT2D eigenvalue weighted by Gasteiger charge is 2.35. The van der Waals surface area contributed by atoms with Crippen LogP contribution in [0.2, 0.25) is 0 Å². The van der Waals surface area contributed by atoms with Crippen molar-refractivity contribution in [2.45, 2.75) is 32.1 Å². The first-order chi connectivity index (χ1) is 15.6. The average Bonchev–Trinajstić information content (AvgIpc) is 3.49. The van der Waals surface area contributed by atoms with Crippen LogP contribution < -0.4 is 5.32 Å². The highest BCUT2D eigenvalue weighted by Crippen LogP contribution is 2.34. The standard InChI is InChI=1S/C23H21N7OS/c1-14-4-10-32-20(14)22-30-29-21(31-22)19-15(2)27-12-17(28-19)16-3-7-26-18(11-16)23(13-24)5-8-25-9-6-23/h3-4,7,10-12,25H,5-6,8-9H2,1-2H3. The van der Waals surface area contributed by atoms with Crippen LogP contribution >= 0.6 is 11.3 Å². The lowest BCUT2D eigenvalue weighted by molar-refractivity contribution is 0.375. The summed E-state index contributed by atoms with van der Waals surface area (Å²) in [7, 11) is 0. The zero-order chi connectivity index (χ0) is 22.1. The number of aryl methyl sites for hydroxylation is 2. The van der Waals surface area contributed by atoms with Crippen molar-refractivity contribution in [1.29, 1.82) is 5.26 Å². The molecular formula is C23H21N7OS. The van der Waals surface area contributed by atoms with Crippen molar-refractivity contribution in [2.75, 3.05) is 13.1 Å². The Balaban J connectivity index is 1.52. The molecule has 0 aliphatic carbocycles. The van der Waals surface area contributed by atoms with E-state index in [0.29, 0.717) is 28.9 Å². The van der Waals surface area contributed by atoms with Gasteiger partial charge in [-0.3, -0.25) is 9.97 Å². The predicted octanol–water partition coefficient (Wildman–Crippen LogP) is 4.08. The summed E-state index contributed by atoms with van der Waals surface area (Å²) >= 11 is 1.56. The van der Waals surface area contributed by atoms with Crippen LogP contribution in [0.1, 0.15) is 29.8 Å². The molecule has 0 aromatic carbocycles. The monoisotopic (exact) mass is 443 g/mol. The summed E-state index contributed by atoms with van der Waals surface area (Å²) in [6.45, 7) is 5.48. The number of thiophene rings is 1. The predicted molar refractivity (Wildman–Crippen MR) is 121 cm³/mol. The molecule has 1 fully saturated rings. The first kappa shape index (κ1) is 20.4. The molecule has 160 valence electrons.